The van der Waals surface area contributed by atoms with E-state index in [-0.39, 0.29) is 17.7 Å². The number of aliphatic hydroxyl groups excluding tert-OH is 1. The molecule has 0 aromatic carbocycles. The zero-order valence-corrected chi connectivity index (χ0v) is 8.25. The molecule has 0 bridgehead atoms. The second kappa shape index (κ2) is 3.32. The standard InChI is InChI=1S/C9H20N2O/c1-9(2,3)11-5-4-8(12)7(11)6-10/h7-8,12H,4-6,10H2,1-3H3. The van der Waals surface area contributed by atoms with Crippen LogP contribution in [-0.4, -0.2) is 40.8 Å². The maximum Gasteiger partial charge on any atom is 0.0720 e. The number of hydrogen-bond donors (Lipinski definition) is 2. The molecular weight excluding hydrogens is 152 g/mol. The van der Waals surface area contributed by atoms with E-state index in [1.807, 2.05) is 0 Å². The molecule has 3 N–H and O–H groups in total. The van der Waals surface area contributed by atoms with Gasteiger partial charge in [0.2, 0.25) is 0 Å². The first kappa shape index (κ1) is 9.96. The van der Waals surface area contributed by atoms with Crippen molar-refractivity contribution < 1.29 is 5.11 Å². The van der Waals surface area contributed by atoms with Crippen molar-refractivity contribution in [2.24, 2.45) is 5.73 Å². The zero-order valence-electron chi connectivity index (χ0n) is 8.25. The molecule has 1 rings (SSSR count). The van der Waals surface area contributed by atoms with Gasteiger partial charge in [0.15, 0.2) is 0 Å². The summed E-state index contributed by atoms with van der Waals surface area (Å²) in [6, 6.07) is 0.157. The van der Waals surface area contributed by atoms with Crippen molar-refractivity contribution in [3.63, 3.8) is 0 Å². The van der Waals surface area contributed by atoms with Gasteiger partial charge < -0.3 is 10.8 Å². The fourth-order valence-corrected chi connectivity index (χ4v) is 1.95. The quantitative estimate of drug-likeness (QED) is 0.593. The molecule has 3 heteroatoms. The van der Waals surface area contributed by atoms with E-state index in [4.69, 9.17) is 5.73 Å². The molecule has 3 nitrogen and oxygen atoms in total. The predicted molar refractivity (Wildman–Crippen MR) is 49.9 cm³/mol. The fraction of sp³-hybridized carbons (Fsp3) is 1.00. The molecule has 0 amide bonds. The smallest absolute Gasteiger partial charge is 0.0720 e. The van der Waals surface area contributed by atoms with Crippen LogP contribution in [0, 0.1) is 0 Å². The summed E-state index contributed by atoms with van der Waals surface area (Å²) in [5, 5.41) is 9.60. The molecular formula is C9H20N2O. The number of hydrogen-bond acceptors (Lipinski definition) is 3. The molecule has 2 atom stereocenters. The van der Waals surface area contributed by atoms with E-state index in [9.17, 15) is 5.11 Å². The number of nitrogens with two attached hydrogens (primary N) is 1. The van der Waals surface area contributed by atoms with Gasteiger partial charge in [-0.3, -0.25) is 4.90 Å². The highest BCUT2D eigenvalue weighted by atomic mass is 16.3. The Morgan fingerprint density at radius 2 is 2.08 bits per heavy atom. The molecule has 1 aliphatic rings. The average Bonchev–Trinajstić information content (AvgIpc) is 2.29. The molecule has 0 aliphatic carbocycles. The van der Waals surface area contributed by atoms with Gasteiger partial charge in [0, 0.05) is 24.7 Å². The highest BCUT2D eigenvalue weighted by Crippen LogP contribution is 2.25. The van der Waals surface area contributed by atoms with Gasteiger partial charge in [-0.15, -0.1) is 0 Å². The van der Waals surface area contributed by atoms with Crippen LogP contribution in [0.4, 0.5) is 0 Å². The third kappa shape index (κ3) is 1.79. The van der Waals surface area contributed by atoms with E-state index in [1.54, 1.807) is 0 Å². The van der Waals surface area contributed by atoms with Gasteiger partial charge in [0.05, 0.1) is 6.10 Å². The molecule has 0 aromatic rings. The van der Waals surface area contributed by atoms with Gasteiger partial charge in [-0.2, -0.15) is 0 Å². The molecule has 1 aliphatic heterocycles. The Kier molecular flexibility index (Phi) is 2.76. The maximum absolute atomic E-state index is 9.60. The van der Waals surface area contributed by atoms with Crippen molar-refractivity contribution in [2.45, 2.75) is 44.9 Å². The maximum atomic E-state index is 9.60. The monoisotopic (exact) mass is 172 g/mol. The van der Waals surface area contributed by atoms with Crippen molar-refractivity contribution in [2.75, 3.05) is 13.1 Å². The van der Waals surface area contributed by atoms with Crippen molar-refractivity contribution in [3.8, 4) is 0 Å². The largest absolute Gasteiger partial charge is 0.391 e. The van der Waals surface area contributed by atoms with E-state index in [1.165, 1.54) is 0 Å². The molecule has 1 fully saturated rings. The van der Waals surface area contributed by atoms with Crippen LogP contribution in [0.15, 0.2) is 0 Å². The SMILES string of the molecule is CC(C)(C)N1CCC(O)C1CN. The first-order valence-electron chi connectivity index (χ1n) is 4.61. The minimum Gasteiger partial charge on any atom is -0.391 e. The van der Waals surface area contributed by atoms with Crippen molar-refractivity contribution in [3.05, 3.63) is 0 Å². The minimum absolute atomic E-state index is 0.127. The van der Waals surface area contributed by atoms with Crippen molar-refractivity contribution >= 4 is 0 Å². The highest BCUT2D eigenvalue weighted by molar-refractivity contribution is 4.93. The predicted octanol–water partition coefficient (Wildman–Crippen LogP) is 0.179. The summed E-state index contributed by atoms with van der Waals surface area (Å²) in [6.07, 6.45) is 0.633. The molecule has 1 heterocycles. The Morgan fingerprint density at radius 3 is 2.42 bits per heavy atom. The van der Waals surface area contributed by atoms with Crippen LogP contribution in [0.3, 0.4) is 0 Å². The van der Waals surface area contributed by atoms with Crippen LogP contribution in [0.1, 0.15) is 27.2 Å². The first-order chi connectivity index (χ1) is 5.46. The Bertz CT molecular complexity index is 153. The van der Waals surface area contributed by atoms with Crippen LogP contribution >= 0.6 is 0 Å². The summed E-state index contributed by atoms with van der Waals surface area (Å²) in [5.41, 5.74) is 5.74. The van der Waals surface area contributed by atoms with Gasteiger partial charge in [0.25, 0.3) is 0 Å². The summed E-state index contributed by atoms with van der Waals surface area (Å²) >= 11 is 0. The minimum atomic E-state index is -0.228. The third-order valence-electron chi connectivity index (χ3n) is 2.61. The van der Waals surface area contributed by atoms with Crippen LogP contribution in [0.5, 0.6) is 0 Å². The Morgan fingerprint density at radius 1 is 1.50 bits per heavy atom. The van der Waals surface area contributed by atoms with Crippen molar-refractivity contribution in [1.29, 1.82) is 0 Å². The highest BCUT2D eigenvalue weighted by Gasteiger charge is 2.37. The van der Waals surface area contributed by atoms with E-state index >= 15 is 0 Å². The summed E-state index contributed by atoms with van der Waals surface area (Å²) in [4.78, 5) is 2.29. The molecule has 0 aromatic heterocycles. The van der Waals surface area contributed by atoms with Gasteiger partial charge in [0.1, 0.15) is 0 Å². The van der Waals surface area contributed by atoms with Gasteiger partial charge in [-0.25, -0.2) is 0 Å². The van der Waals surface area contributed by atoms with Gasteiger partial charge >= 0.3 is 0 Å². The second-order valence-corrected chi connectivity index (χ2v) is 4.52. The van der Waals surface area contributed by atoms with E-state index in [0.717, 1.165) is 13.0 Å². The molecule has 72 valence electrons. The Balaban J connectivity index is 2.67. The summed E-state index contributed by atoms with van der Waals surface area (Å²) in [5.74, 6) is 0. The van der Waals surface area contributed by atoms with E-state index < -0.39 is 0 Å². The van der Waals surface area contributed by atoms with Crippen LogP contribution in [-0.2, 0) is 0 Å². The third-order valence-corrected chi connectivity index (χ3v) is 2.61. The lowest BCUT2D eigenvalue weighted by atomic mass is 10.0. The second-order valence-electron chi connectivity index (χ2n) is 4.52. The number of likely N-dealkylation sites (tertiary alicyclic amines) is 1. The zero-order chi connectivity index (χ0) is 9.35. The Hall–Kier alpha value is -0.120. The van der Waals surface area contributed by atoms with Crippen molar-refractivity contribution in [1.82, 2.24) is 4.90 Å². The number of rotatable bonds is 1. The molecule has 12 heavy (non-hydrogen) atoms. The molecule has 0 spiro atoms. The van der Waals surface area contributed by atoms with E-state index in [0.29, 0.717) is 6.54 Å². The Labute approximate surface area is 74.5 Å². The van der Waals surface area contributed by atoms with Gasteiger partial charge in [-0.05, 0) is 27.2 Å². The van der Waals surface area contributed by atoms with E-state index in [2.05, 4.69) is 25.7 Å². The number of aliphatic hydroxyl groups is 1. The van der Waals surface area contributed by atoms with Crippen LogP contribution < -0.4 is 5.73 Å². The molecule has 1 saturated heterocycles. The number of nitrogens with zero attached hydrogens (tertiary/aromatic N) is 1. The average molecular weight is 172 g/mol. The van der Waals surface area contributed by atoms with Crippen LogP contribution in [0.2, 0.25) is 0 Å². The summed E-state index contributed by atoms with van der Waals surface area (Å²) in [6.45, 7) is 8.00. The lowest BCUT2D eigenvalue weighted by Gasteiger charge is -2.37. The first-order valence-corrected chi connectivity index (χ1v) is 4.61. The lowest BCUT2D eigenvalue weighted by molar-refractivity contribution is 0.0687. The summed E-state index contributed by atoms with van der Waals surface area (Å²) < 4.78 is 0. The fourth-order valence-electron chi connectivity index (χ4n) is 1.95. The normalized spacial score (nSPS) is 32.8. The molecule has 0 radical (unpaired) electrons. The molecule has 2 unspecified atom stereocenters. The molecule has 0 saturated carbocycles. The van der Waals surface area contributed by atoms with Gasteiger partial charge in [-0.1, -0.05) is 0 Å². The summed E-state index contributed by atoms with van der Waals surface area (Å²) in [7, 11) is 0. The topological polar surface area (TPSA) is 49.5 Å². The lowest BCUT2D eigenvalue weighted by Crippen LogP contribution is -2.50. The van der Waals surface area contributed by atoms with Crippen LogP contribution in [0.25, 0.3) is 0 Å².